The van der Waals surface area contributed by atoms with Gasteiger partial charge in [-0.25, -0.2) is 8.42 Å². The molecule has 5 nitrogen and oxygen atoms in total. The molecule has 0 bridgehead atoms. The zero-order chi connectivity index (χ0) is 15.6. The van der Waals surface area contributed by atoms with Crippen LogP contribution in [0.25, 0.3) is 0 Å². The van der Waals surface area contributed by atoms with Gasteiger partial charge in [0.25, 0.3) is 15.9 Å². The molecule has 0 aliphatic heterocycles. The first-order chi connectivity index (χ1) is 9.81. The fourth-order valence-electron chi connectivity index (χ4n) is 1.74. The second kappa shape index (κ2) is 5.87. The van der Waals surface area contributed by atoms with Crippen molar-refractivity contribution in [3.63, 3.8) is 0 Å². The number of halogens is 1. The Kier molecular flexibility index (Phi) is 4.34. The molecule has 0 aliphatic carbocycles. The second-order valence-electron chi connectivity index (χ2n) is 4.45. The number of sulfonamides is 1. The normalized spacial score (nSPS) is 11.1. The first-order valence-electron chi connectivity index (χ1n) is 5.99. The summed E-state index contributed by atoms with van der Waals surface area (Å²) in [6.07, 6.45) is 0. The van der Waals surface area contributed by atoms with Crippen LogP contribution in [0, 0.1) is 6.92 Å². The number of rotatable bonds is 4. The number of carbonyl (C=O) groups excluding carboxylic acids is 1. The molecule has 0 saturated heterocycles. The first kappa shape index (κ1) is 15.5. The maximum absolute atomic E-state index is 12.4. The predicted octanol–water partition coefficient (Wildman–Crippen LogP) is 2.66. The maximum Gasteiger partial charge on any atom is 0.261 e. The van der Waals surface area contributed by atoms with Gasteiger partial charge >= 0.3 is 0 Å². The monoisotopic (exact) mass is 368 g/mol. The van der Waals surface area contributed by atoms with E-state index in [1.54, 1.807) is 24.3 Å². The molecule has 0 saturated carbocycles. The summed E-state index contributed by atoms with van der Waals surface area (Å²) < 4.78 is 27.5. The Morgan fingerprint density at radius 1 is 1.14 bits per heavy atom. The second-order valence-corrected chi connectivity index (χ2v) is 6.98. The summed E-state index contributed by atoms with van der Waals surface area (Å²) in [5.41, 5.74) is 6.45. The number of aryl methyl sites for hydroxylation is 1. The SMILES string of the molecule is Cc1ccc(S(=O)(=O)Nc2c(Br)cccc2C(N)=O)cc1. The van der Waals surface area contributed by atoms with Crippen molar-refractivity contribution in [3.8, 4) is 0 Å². The van der Waals surface area contributed by atoms with Crippen molar-refractivity contribution in [1.29, 1.82) is 0 Å². The number of nitrogens with two attached hydrogens (primary N) is 1. The highest BCUT2D eigenvalue weighted by molar-refractivity contribution is 9.10. The molecule has 0 aliphatic rings. The van der Waals surface area contributed by atoms with Crippen LogP contribution < -0.4 is 10.5 Å². The van der Waals surface area contributed by atoms with Crippen LogP contribution >= 0.6 is 15.9 Å². The van der Waals surface area contributed by atoms with Crippen LogP contribution in [0.5, 0.6) is 0 Å². The van der Waals surface area contributed by atoms with E-state index in [4.69, 9.17) is 5.73 Å². The van der Waals surface area contributed by atoms with Crippen LogP contribution in [-0.4, -0.2) is 14.3 Å². The lowest BCUT2D eigenvalue weighted by molar-refractivity contribution is 0.100. The number of benzene rings is 2. The van der Waals surface area contributed by atoms with Crippen molar-refractivity contribution in [3.05, 3.63) is 58.1 Å². The highest BCUT2D eigenvalue weighted by Gasteiger charge is 2.19. The molecule has 0 unspecified atom stereocenters. The minimum absolute atomic E-state index is 0.0973. The van der Waals surface area contributed by atoms with E-state index in [1.807, 2.05) is 6.92 Å². The third kappa shape index (κ3) is 3.43. The fraction of sp³-hybridized carbons (Fsp3) is 0.0714. The lowest BCUT2D eigenvalue weighted by Crippen LogP contribution is -2.19. The number of nitrogens with one attached hydrogen (secondary N) is 1. The van der Waals surface area contributed by atoms with Gasteiger partial charge < -0.3 is 5.73 Å². The summed E-state index contributed by atoms with van der Waals surface area (Å²) in [6.45, 7) is 1.86. The molecule has 1 amide bonds. The van der Waals surface area contributed by atoms with Crippen molar-refractivity contribution in [2.75, 3.05) is 4.72 Å². The van der Waals surface area contributed by atoms with E-state index in [0.717, 1.165) is 5.56 Å². The van der Waals surface area contributed by atoms with Gasteiger partial charge in [-0.2, -0.15) is 0 Å². The molecular weight excluding hydrogens is 356 g/mol. The quantitative estimate of drug-likeness (QED) is 0.868. The summed E-state index contributed by atoms with van der Waals surface area (Å²) in [7, 11) is -3.80. The zero-order valence-corrected chi connectivity index (χ0v) is 13.5. The van der Waals surface area contributed by atoms with E-state index < -0.39 is 15.9 Å². The Balaban J connectivity index is 2.46. The third-order valence-electron chi connectivity index (χ3n) is 2.85. The molecule has 21 heavy (non-hydrogen) atoms. The van der Waals surface area contributed by atoms with Gasteiger partial charge in [-0.1, -0.05) is 23.8 Å². The molecule has 110 valence electrons. The van der Waals surface area contributed by atoms with Gasteiger partial charge in [-0.3, -0.25) is 9.52 Å². The van der Waals surface area contributed by atoms with Crippen LogP contribution in [-0.2, 0) is 10.0 Å². The first-order valence-corrected chi connectivity index (χ1v) is 8.26. The molecule has 0 heterocycles. The Morgan fingerprint density at radius 2 is 1.76 bits per heavy atom. The lowest BCUT2D eigenvalue weighted by atomic mass is 10.2. The van der Waals surface area contributed by atoms with Crippen LogP contribution in [0.2, 0.25) is 0 Å². The number of primary amides is 1. The standard InChI is InChI=1S/C14H13BrN2O3S/c1-9-5-7-10(8-6-9)21(19,20)17-13-11(14(16)18)3-2-4-12(13)15/h2-8,17H,1H3,(H2,16,18). The van der Waals surface area contributed by atoms with E-state index in [-0.39, 0.29) is 16.1 Å². The average molecular weight is 369 g/mol. The summed E-state index contributed by atoms with van der Waals surface area (Å²) in [5, 5.41) is 0. The van der Waals surface area contributed by atoms with E-state index in [1.165, 1.54) is 18.2 Å². The summed E-state index contributed by atoms with van der Waals surface area (Å²) in [6, 6.07) is 11.1. The zero-order valence-electron chi connectivity index (χ0n) is 11.1. The maximum atomic E-state index is 12.4. The molecule has 2 aromatic rings. The van der Waals surface area contributed by atoms with Gasteiger partial charge in [0.05, 0.1) is 16.1 Å². The topological polar surface area (TPSA) is 89.3 Å². The molecule has 0 fully saturated rings. The Morgan fingerprint density at radius 3 is 2.33 bits per heavy atom. The Bertz CT molecular complexity index is 786. The van der Waals surface area contributed by atoms with Crippen molar-refractivity contribution in [2.24, 2.45) is 5.73 Å². The molecule has 0 radical (unpaired) electrons. The van der Waals surface area contributed by atoms with E-state index >= 15 is 0 Å². The van der Waals surface area contributed by atoms with E-state index in [9.17, 15) is 13.2 Å². The summed E-state index contributed by atoms with van der Waals surface area (Å²) in [4.78, 5) is 11.5. The minimum atomic E-state index is -3.80. The minimum Gasteiger partial charge on any atom is -0.366 e. The third-order valence-corrected chi connectivity index (χ3v) is 4.87. The predicted molar refractivity (Wildman–Crippen MR) is 84.6 cm³/mol. The molecule has 2 rings (SSSR count). The molecule has 7 heteroatoms. The van der Waals surface area contributed by atoms with Gasteiger partial charge in [-0.15, -0.1) is 0 Å². The molecule has 0 atom stereocenters. The lowest BCUT2D eigenvalue weighted by Gasteiger charge is -2.13. The molecule has 0 spiro atoms. The smallest absolute Gasteiger partial charge is 0.261 e. The number of hydrogen-bond donors (Lipinski definition) is 2. The van der Waals surface area contributed by atoms with Crippen LogP contribution in [0.15, 0.2) is 51.8 Å². The number of carbonyl (C=O) groups is 1. The summed E-state index contributed by atoms with van der Waals surface area (Å²) in [5.74, 6) is -0.710. The van der Waals surface area contributed by atoms with Gasteiger partial charge in [0, 0.05) is 4.47 Å². The molecular formula is C14H13BrN2O3S. The van der Waals surface area contributed by atoms with Gasteiger partial charge in [-0.05, 0) is 47.1 Å². The van der Waals surface area contributed by atoms with Crippen molar-refractivity contribution >= 4 is 37.5 Å². The average Bonchev–Trinajstić information content (AvgIpc) is 2.41. The molecule has 3 N–H and O–H groups in total. The molecule has 0 aromatic heterocycles. The largest absolute Gasteiger partial charge is 0.366 e. The van der Waals surface area contributed by atoms with Crippen LogP contribution in [0.3, 0.4) is 0 Å². The van der Waals surface area contributed by atoms with Crippen LogP contribution in [0.4, 0.5) is 5.69 Å². The van der Waals surface area contributed by atoms with E-state index in [2.05, 4.69) is 20.7 Å². The summed E-state index contributed by atoms with van der Waals surface area (Å²) >= 11 is 3.22. The van der Waals surface area contributed by atoms with E-state index in [0.29, 0.717) is 4.47 Å². The highest BCUT2D eigenvalue weighted by atomic mass is 79.9. The Hall–Kier alpha value is -1.86. The van der Waals surface area contributed by atoms with Crippen molar-refractivity contribution < 1.29 is 13.2 Å². The van der Waals surface area contributed by atoms with Crippen LogP contribution in [0.1, 0.15) is 15.9 Å². The Labute approximate surface area is 131 Å². The number of amides is 1. The van der Waals surface area contributed by atoms with Gasteiger partial charge in [0.15, 0.2) is 0 Å². The number of para-hydroxylation sites is 1. The van der Waals surface area contributed by atoms with Gasteiger partial charge in [0.2, 0.25) is 0 Å². The van der Waals surface area contributed by atoms with Gasteiger partial charge in [0.1, 0.15) is 0 Å². The highest BCUT2D eigenvalue weighted by Crippen LogP contribution is 2.28. The fourth-order valence-corrected chi connectivity index (χ4v) is 3.44. The van der Waals surface area contributed by atoms with Crippen molar-refractivity contribution in [1.82, 2.24) is 0 Å². The molecule has 2 aromatic carbocycles. The number of anilines is 1. The number of hydrogen-bond acceptors (Lipinski definition) is 3. The van der Waals surface area contributed by atoms with Crippen molar-refractivity contribution in [2.45, 2.75) is 11.8 Å².